The van der Waals surface area contributed by atoms with Gasteiger partial charge in [-0.15, -0.1) is 0 Å². The summed E-state index contributed by atoms with van der Waals surface area (Å²) >= 11 is 0. The van der Waals surface area contributed by atoms with Gasteiger partial charge in [-0.3, -0.25) is 10.1 Å². The lowest BCUT2D eigenvalue weighted by Crippen LogP contribution is -2.22. The van der Waals surface area contributed by atoms with Crippen molar-refractivity contribution >= 4 is 23.0 Å². The monoisotopic (exact) mass is 445 g/mol. The Morgan fingerprint density at radius 2 is 1.32 bits per heavy atom. The molecule has 0 radical (unpaired) electrons. The van der Waals surface area contributed by atoms with Crippen LogP contribution in [0.3, 0.4) is 0 Å². The summed E-state index contributed by atoms with van der Waals surface area (Å²) in [7, 11) is 0. The van der Waals surface area contributed by atoms with E-state index in [1.165, 1.54) is 23.3 Å². The van der Waals surface area contributed by atoms with Crippen LogP contribution < -0.4 is 4.90 Å². The first kappa shape index (κ1) is 22.5. The van der Waals surface area contributed by atoms with Crippen molar-refractivity contribution in [3.8, 4) is 6.07 Å². The number of allylic oxidation sites excluding steroid dienone is 1. The Kier molecular flexibility index (Phi) is 7.12. The van der Waals surface area contributed by atoms with Gasteiger partial charge in [0.25, 0.3) is 5.69 Å². The van der Waals surface area contributed by atoms with E-state index in [1.54, 1.807) is 18.2 Å². The Hall–Kier alpha value is -4.69. The van der Waals surface area contributed by atoms with Crippen molar-refractivity contribution in [2.45, 2.75) is 13.1 Å². The molecule has 0 saturated heterocycles. The maximum absolute atomic E-state index is 10.9. The SMILES string of the molecule is N#CC(=Cc1ccc(N(Cc2ccccc2)Cc2ccccc2)cc1)c1ccc([N+](=O)[O-])cc1. The lowest BCUT2D eigenvalue weighted by atomic mass is 10.0. The van der Waals surface area contributed by atoms with Crippen LogP contribution in [0.5, 0.6) is 0 Å². The lowest BCUT2D eigenvalue weighted by Gasteiger charge is -2.25. The Labute approximate surface area is 199 Å². The van der Waals surface area contributed by atoms with E-state index in [-0.39, 0.29) is 5.69 Å². The van der Waals surface area contributed by atoms with Crippen LogP contribution in [0.4, 0.5) is 11.4 Å². The second-order valence-electron chi connectivity index (χ2n) is 7.89. The van der Waals surface area contributed by atoms with Gasteiger partial charge >= 0.3 is 0 Å². The number of non-ortho nitro benzene ring substituents is 1. The smallest absolute Gasteiger partial charge is 0.269 e. The van der Waals surface area contributed by atoms with Crippen molar-refractivity contribution in [3.63, 3.8) is 0 Å². The minimum absolute atomic E-state index is 0.00214. The lowest BCUT2D eigenvalue weighted by molar-refractivity contribution is -0.384. The maximum atomic E-state index is 10.9. The molecule has 0 aliphatic heterocycles. The number of nitrogens with zero attached hydrogens (tertiary/aromatic N) is 3. The number of hydrogen-bond acceptors (Lipinski definition) is 4. The molecule has 0 fully saturated rings. The second-order valence-corrected chi connectivity index (χ2v) is 7.89. The van der Waals surface area contributed by atoms with E-state index < -0.39 is 4.92 Å². The highest BCUT2D eigenvalue weighted by atomic mass is 16.6. The summed E-state index contributed by atoms with van der Waals surface area (Å²) in [6, 6.07) is 37.0. The molecule has 0 aromatic heterocycles. The number of nitro groups is 1. The zero-order valence-corrected chi connectivity index (χ0v) is 18.5. The van der Waals surface area contributed by atoms with Crippen LogP contribution in [0, 0.1) is 21.4 Å². The van der Waals surface area contributed by atoms with Gasteiger partial charge in [0.1, 0.15) is 0 Å². The molecule has 0 spiro atoms. The fourth-order valence-corrected chi connectivity index (χ4v) is 3.74. The molecular formula is C29H23N3O2. The molecule has 0 aliphatic carbocycles. The number of anilines is 1. The average Bonchev–Trinajstić information content (AvgIpc) is 2.88. The molecular weight excluding hydrogens is 422 g/mol. The third kappa shape index (κ3) is 5.76. The van der Waals surface area contributed by atoms with Gasteiger partial charge in [-0.05, 0) is 52.6 Å². The van der Waals surface area contributed by atoms with Crippen LogP contribution in [0.1, 0.15) is 22.3 Å². The molecule has 0 atom stereocenters. The van der Waals surface area contributed by atoms with Crippen LogP contribution in [-0.2, 0) is 13.1 Å². The Balaban J connectivity index is 1.58. The summed E-state index contributed by atoms with van der Waals surface area (Å²) in [6.07, 6.45) is 1.80. The van der Waals surface area contributed by atoms with E-state index in [9.17, 15) is 15.4 Å². The van der Waals surface area contributed by atoms with Crippen molar-refractivity contribution in [3.05, 3.63) is 142 Å². The summed E-state index contributed by atoms with van der Waals surface area (Å²) < 4.78 is 0. The first-order chi connectivity index (χ1) is 16.6. The highest BCUT2D eigenvalue weighted by molar-refractivity contribution is 5.89. The largest absolute Gasteiger partial charge is 0.363 e. The van der Waals surface area contributed by atoms with E-state index in [1.807, 2.05) is 48.5 Å². The number of nitriles is 1. The van der Waals surface area contributed by atoms with Crippen LogP contribution in [0.2, 0.25) is 0 Å². The second kappa shape index (κ2) is 10.8. The fourth-order valence-electron chi connectivity index (χ4n) is 3.74. The molecule has 0 heterocycles. The van der Waals surface area contributed by atoms with Gasteiger partial charge in [0.05, 0.1) is 16.6 Å². The molecule has 0 saturated carbocycles. The van der Waals surface area contributed by atoms with E-state index in [4.69, 9.17) is 0 Å². The van der Waals surface area contributed by atoms with Crippen molar-refractivity contribution in [1.29, 1.82) is 5.26 Å². The van der Waals surface area contributed by atoms with E-state index in [2.05, 4.69) is 47.4 Å². The molecule has 4 aromatic carbocycles. The first-order valence-electron chi connectivity index (χ1n) is 10.9. The van der Waals surface area contributed by atoms with Gasteiger partial charge in [-0.2, -0.15) is 5.26 Å². The first-order valence-corrected chi connectivity index (χ1v) is 10.9. The van der Waals surface area contributed by atoms with Crippen molar-refractivity contribution in [1.82, 2.24) is 0 Å². The highest BCUT2D eigenvalue weighted by Gasteiger charge is 2.10. The zero-order chi connectivity index (χ0) is 23.8. The standard InChI is InChI=1S/C29H23N3O2/c30-20-27(26-13-17-29(18-14-26)32(33)34)19-23-11-15-28(16-12-23)31(21-24-7-3-1-4-8-24)22-25-9-5-2-6-10-25/h1-19H,21-22H2. The number of hydrogen-bond donors (Lipinski definition) is 0. The van der Waals surface area contributed by atoms with Gasteiger partial charge in [-0.1, -0.05) is 72.8 Å². The van der Waals surface area contributed by atoms with Crippen LogP contribution in [0.15, 0.2) is 109 Å². The molecule has 166 valence electrons. The van der Waals surface area contributed by atoms with Gasteiger partial charge < -0.3 is 4.90 Å². The van der Waals surface area contributed by atoms with E-state index >= 15 is 0 Å². The molecule has 0 bridgehead atoms. The minimum atomic E-state index is -0.449. The van der Waals surface area contributed by atoms with Crippen molar-refractivity contribution in [2.75, 3.05) is 4.90 Å². The van der Waals surface area contributed by atoms with Crippen LogP contribution in [0.25, 0.3) is 11.6 Å². The van der Waals surface area contributed by atoms with E-state index in [0.29, 0.717) is 11.1 Å². The Bertz CT molecular complexity index is 1270. The highest BCUT2D eigenvalue weighted by Crippen LogP contribution is 2.24. The molecule has 0 aliphatic rings. The summed E-state index contributed by atoms with van der Waals surface area (Å²) in [5.41, 5.74) is 5.53. The summed E-state index contributed by atoms with van der Waals surface area (Å²) in [4.78, 5) is 12.8. The van der Waals surface area contributed by atoms with Gasteiger partial charge in [0, 0.05) is 30.9 Å². The van der Waals surface area contributed by atoms with Gasteiger partial charge in [0.15, 0.2) is 0 Å². The zero-order valence-electron chi connectivity index (χ0n) is 18.5. The molecule has 5 heteroatoms. The normalized spacial score (nSPS) is 11.0. The third-order valence-electron chi connectivity index (χ3n) is 5.51. The van der Waals surface area contributed by atoms with Crippen LogP contribution in [-0.4, -0.2) is 4.92 Å². The Morgan fingerprint density at radius 3 is 1.79 bits per heavy atom. The molecule has 0 amide bonds. The molecule has 4 aromatic rings. The molecule has 5 nitrogen and oxygen atoms in total. The van der Waals surface area contributed by atoms with Crippen molar-refractivity contribution < 1.29 is 4.92 Å². The van der Waals surface area contributed by atoms with Gasteiger partial charge in [-0.25, -0.2) is 0 Å². The molecule has 4 rings (SSSR count). The predicted molar refractivity (Wildman–Crippen MR) is 136 cm³/mol. The number of nitro benzene ring substituents is 1. The summed E-state index contributed by atoms with van der Waals surface area (Å²) in [6.45, 7) is 1.55. The van der Waals surface area contributed by atoms with Gasteiger partial charge in [0.2, 0.25) is 0 Å². The molecule has 0 unspecified atom stereocenters. The number of benzene rings is 4. The third-order valence-corrected chi connectivity index (χ3v) is 5.51. The topological polar surface area (TPSA) is 70.2 Å². The molecule has 34 heavy (non-hydrogen) atoms. The van der Waals surface area contributed by atoms with Crippen molar-refractivity contribution in [2.24, 2.45) is 0 Å². The van der Waals surface area contributed by atoms with Crippen LogP contribution >= 0.6 is 0 Å². The summed E-state index contributed by atoms with van der Waals surface area (Å²) in [5.74, 6) is 0. The fraction of sp³-hybridized carbons (Fsp3) is 0.0690. The maximum Gasteiger partial charge on any atom is 0.269 e. The Morgan fingerprint density at radius 1 is 0.794 bits per heavy atom. The summed E-state index contributed by atoms with van der Waals surface area (Å²) in [5, 5.41) is 20.5. The quantitative estimate of drug-likeness (QED) is 0.128. The average molecular weight is 446 g/mol. The molecule has 0 N–H and O–H groups in total. The van der Waals surface area contributed by atoms with E-state index in [0.717, 1.165) is 24.3 Å². The number of rotatable bonds is 8. The minimum Gasteiger partial charge on any atom is -0.363 e. The predicted octanol–water partition coefficient (Wildman–Crippen LogP) is 6.87.